The zero-order chi connectivity index (χ0) is 14.5. The number of nitrogens with two attached hydrogens (primary N) is 1. The van der Waals surface area contributed by atoms with E-state index in [-0.39, 0.29) is 5.97 Å². The van der Waals surface area contributed by atoms with Gasteiger partial charge in [-0.2, -0.15) is 0 Å². The second-order valence-electron chi connectivity index (χ2n) is 4.94. The smallest absolute Gasteiger partial charge is 0.340 e. The van der Waals surface area contributed by atoms with E-state index in [1.54, 1.807) is 20.1 Å². The van der Waals surface area contributed by atoms with Gasteiger partial charge in [0.25, 0.3) is 0 Å². The fraction of sp³-hybridized carbons (Fsp3) is 0.533. The van der Waals surface area contributed by atoms with Crippen LogP contribution in [0.5, 0.6) is 0 Å². The van der Waals surface area contributed by atoms with Crippen molar-refractivity contribution in [1.82, 2.24) is 4.90 Å². The number of ether oxygens (including phenoxy) is 2. The van der Waals surface area contributed by atoms with Crippen LogP contribution in [-0.4, -0.2) is 37.7 Å². The highest BCUT2D eigenvalue weighted by Gasteiger charge is 2.24. The molecule has 0 fully saturated rings. The maximum atomic E-state index is 11.8. The quantitative estimate of drug-likeness (QED) is 0.488. The number of rotatable bonds is 6. The molecule has 5 nitrogen and oxygen atoms in total. The minimum absolute atomic E-state index is 0.342. The van der Waals surface area contributed by atoms with Crippen LogP contribution in [0.1, 0.15) is 34.8 Å². The third kappa shape index (κ3) is 3.11. The summed E-state index contributed by atoms with van der Waals surface area (Å²) in [4.78, 5) is 14.1. The number of carbonyl (C=O) groups excluding carboxylic acids is 1. The summed E-state index contributed by atoms with van der Waals surface area (Å²) in [6, 6.07) is 3.75. The molecule has 0 aliphatic carbocycles. The first-order valence-electron chi connectivity index (χ1n) is 6.96. The van der Waals surface area contributed by atoms with Crippen LogP contribution < -0.4 is 5.73 Å². The molecule has 0 amide bonds. The van der Waals surface area contributed by atoms with Crippen LogP contribution >= 0.6 is 0 Å². The van der Waals surface area contributed by atoms with Crippen molar-refractivity contribution < 1.29 is 14.3 Å². The second kappa shape index (κ2) is 6.72. The van der Waals surface area contributed by atoms with Gasteiger partial charge in [0.2, 0.25) is 0 Å². The summed E-state index contributed by atoms with van der Waals surface area (Å²) in [5.41, 5.74) is 9.44. The van der Waals surface area contributed by atoms with E-state index in [1.165, 1.54) is 5.56 Å². The predicted octanol–water partition coefficient (Wildman–Crippen LogP) is 1.80. The Labute approximate surface area is 119 Å². The zero-order valence-corrected chi connectivity index (χ0v) is 12.1. The highest BCUT2D eigenvalue weighted by molar-refractivity contribution is 5.96. The maximum absolute atomic E-state index is 11.8. The highest BCUT2D eigenvalue weighted by atomic mass is 16.5. The molecule has 1 aliphatic heterocycles. The molecule has 1 heterocycles. The lowest BCUT2D eigenvalue weighted by Crippen LogP contribution is -2.19. The number of hydrogen-bond donors (Lipinski definition) is 1. The van der Waals surface area contributed by atoms with Gasteiger partial charge >= 0.3 is 5.97 Å². The van der Waals surface area contributed by atoms with E-state index in [0.717, 1.165) is 38.2 Å². The third-order valence-corrected chi connectivity index (χ3v) is 3.55. The summed E-state index contributed by atoms with van der Waals surface area (Å²) < 4.78 is 10.1. The fourth-order valence-electron chi connectivity index (χ4n) is 2.54. The maximum Gasteiger partial charge on any atom is 0.340 e. The lowest BCUT2D eigenvalue weighted by molar-refractivity contribution is 0.0527. The molecule has 1 aromatic carbocycles. The van der Waals surface area contributed by atoms with Gasteiger partial charge in [0, 0.05) is 33.4 Å². The van der Waals surface area contributed by atoms with E-state index in [0.29, 0.717) is 17.9 Å². The normalized spacial score (nSPS) is 14.3. The first-order chi connectivity index (χ1) is 9.67. The zero-order valence-electron chi connectivity index (χ0n) is 12.1. The number of benzene rings is 1. The number of hydrogen-bond acceptors (Lipinski definition) is 5. The van der Waals surface area contributed by atoms with Gasteiger partial charge in [-0.05, 0) is 30.5 Å². The van der Waals surface area contributed by atoms with Gasteiger partial charge in [0.05, 0.1) is 17.9 Å². The Bertz CT molecular complexity index is 488. The van der Waals surface area contributed by atoms with Crippen LogP contribution in [0.15, 0.2) is 12.1 Å². The first kappa shape index (κ1) is 14.8. The van der Waals surface area contributed by atoms with Gasteiger partial charge in [-0.15, -0.1) is 0 Å². The van der Waals surface area contributed by atoms with E-state index < -0.39 is 0 Å². The topological polar surface area (TPSA) is 64.8 Å². The van der Waals surface area contributed by atoms with Crippen molar-refractivity contribution in [1.29, 1.82) is 0 Å². The molecule has 0 saturated carbocycles. The van der Waals surface area contributed by atoms with Gasteiger partial charge < -0.3 is 15.2 Å². The molecular weight excluding hydrogens is 256 g/mol. The van der Waals surface area contributed by atoms with Gasteiger partial charge in [-0.3, -0.25) is 4.90 Å². The second-order valence-corrected chi connectivity index (χ2v) is 4.94. The molecule has 110 valence electrons. The standard InChI is InChI=1S/C15H22N2O3/c1-3-20-15(18)12-6-5-11-9-17(7-4-8-19-2)10-13(11)14(12)16/h5-6H,3-4,7-10,16H2,1-2H3. The van der Waals surface area contributed by atoms with Gasteiger partial charge in [0.15, 0.2) is 0 Å². The summed E-state index contributed by atoms with van der Waals surface area (Å²) >= 11 is 0. The lowest BCUT2D eigenvalue weighted by Gasteiger charge is -2.14. The largest absolute Gasteiger partial charge is 0.462 e. The number of carbonyl (C=O) groups is 1. The lowest BCUT2D eigenvalue weighted by atomic mass is 10.0. The van der Waals surface area contributed by atoms with Crippen LogP contribution in [0, 0.1) is 0 Å². The molecular formula is C15H22N2O3. The Balaban J connectivity index is 2.09. The van der Waals surface area contributed by atoms with Gasteiger partial charge in [0.1, 0.15) is 0 Å². The van der Waals surface area contributed by atoms with E-state index in [2.05, 4.69) is 4.90 Å². The molecule has 0 radical (unpaired) electrons. The van der Waals surface area contributed by atoms with Crippen LogP contribution in [-0.2, 0) is 22.6 Å². The number of anilines is 1. The average molecular weight is 278 g/mol. The van der Waals surface area contributed by atoms with Gasteiger partial charge in [-0.1, -0.05) is 6.07 Å². The molecule has 1 aliphatic rings. The first-order valence-corrected chi connectivity index (χ1v) is 6.96. The molecule has 5 heteroatoms. The molecule has 0 saturated heterocycles. The molecule has 0 atom stereocenters. The van der Waals surface area contributed by atoms with Crippen molar-refractivity contribution >= 4 is 11.7 Å². The molecule has 0 unspecified atom stereocenters. The number of fused-ring (bicyclic) bond motifs is 1. The number of nitrogens with zero attached hydrogens (tertiary/aromatic N) is 1. The van der Waals surface area contributed by atoms with Crippen LogP contribution in [0.3, 0.4) is 0 Å². The van der Waals surface area contributed by atoms with Crippen molar-refractivity contribution in [3.8, 4) is 0 Å². The summed E-state index contributed by atoms with van der Waals surface area (Å²) in [5.74, 6) is -0.342. The van der Waals surface area contributed by atoms with Crippen molar-refractivity contribution in [3.05, 3.63) is 28.8 Å². The van der Waals surface area contributed by atoms with Crippen molar-refractivity contribution in [3.63, 3.8) is 0 Å². The average Bonchev–Trinajstić information content (AvgIpc) is 2.83. The Morgan fingerprint density at radius 3 is 2.90 bits per heavy atom. The molecule has 2 N–H and O–H groups in total. The highest BCUT2D eigenvalue weighted by Crippen LogP contribution is 2.30. The minimum Gasteiger partial charge on any atom is -0.462 e. The Morgan fingerprint density at radius 1 is 1.40 bits per heavy atom. The molecule has 1 aromatic rings. The summed E-state index contributed by atoms with van der Waals surface area (Å²) in [6.45, 7) is 5.55. The van der Waals surface area contributed by atoms with E-state index in [4.69, 9.17) is 15.2 Å². The van der Waals surface area contributed by atoms with Crippen molar-refractivity contribution in [2.45, 2.75) is 26.4 Å². The molecule has 0 bridgehead atoms. The number of esters is 1. The Morgan fingerprint density at radius 2 is 2.20 bits per heavy atom. The fourth-order valence-corrected chi connectivity index (χ4v) is 2.54. The summed E-state index contributed by atoms with van der Waals surface area (Å²) in [5, 5.41) is 0. The molecule has 20 heavy (non-hydrogen) atoms. The van der Waals surface area contributed by atoms with Crippen LogP contribution in [0.4, 0.5) is 5.69 Å². The number of methoxy groups -OCH3 is 1. The monoisotopic (exact) mass is 278 g/mol. The minimum atomic E-state index is -0.342. The SMILES string of the molecule is CCOC(=O)c1ccc2c(c1N)CN(CCCOC)C2. The van der Waals surface area contributed by atoms with E-state index >= 15 is 0 Å². The van der Waals surface area contributed by atoms with Crippen LogP contribution in [0.25, 0.3) is 0 Å². The summed E-state index contributed by atoms with van der Waals surface area (Å²) in [7, 11) is 1.71. The van der Waals surface area contributed by atoms with E-state index in [9.17, 15) is 4.79 Å². The van der Waals surface area contributed by atoms with Crippen molar-refractivity contribution in [2.75, 3.05) is 32.6 Å². The van der Waals surface area contributed by atoms with Crippen LogP contribution in [0.2, 0.25) is 0 Å². The summed E-state index contributed by atoms with van der Waals surface area (Å²) in [6.07, 6.45) is 0.995. The molecule has 0 aromatic heterocycles. The van der Waals surface area contributed by atoms with Gasteiger partial charge in [-0.25, -0.2) is 4.79 Å². The third-order valence-electron chi connectivity index (χ3n) is 3.55. The molecule has 0 spiro atoms. The van der Waals surface area contributed by atoms with Crippen molar-refractivity contribution in [2.24, 2.45) is 0 Å². The predicted molar refractivity (Wildman–Crippen MR) is 77.4 cm³/mol. The Hall–Kier alpha value is -1.59. The Kier molecular flexibility index (Phi) is 4.98. The number of nitrogen functional groups attached to an aromatic ring is 1. The van der Waals surface area contributed by atoms with E-state index in [1.807, 2.05) is 6.07 Å². The molecule has 2 rings (SSSR count).